The maximum Gasteiger partial charge on any atom is 0.408 e. The van der Waals surface area contributed by atoms with Gasteiger partial charge in [0.2, 0.25) is 0 Å². The SMILES string of the molecule is CC(=O)O[C@@]12CO[C@@H]1C=C[C@@]1(C)[C@@H]3O[C@H](CN(C)C)O[C@@H]3C3=C(C)[C@@H](OC(=O)[C@H](OCc4ccccc4)[C@@H](NC(=O)OC(C)(C)C)c4ncccc4F)C[C@@](O)([C@@H](C)[C@@H]12)C3(C)C. The van der Waals surface area contributed by atoms with Crippen molar-refractivity contribution in [1.29, 1.82) is 0 Å². The fraction of sp³-hybridized carbons (Fsp3) is 0.617. The number of aromatic nitrogens is 1. The highest BCUT2D eigenvalue weighted by Crippen LogP contribution is 2.66. The third kappa shape index (κ3) is 8.09. The maximum atomic E-state index is 15.8. The van der Waals surface area contributed by atoms with Crippen molar-refractivity contribution in [3.63, 3.8) is 0 Å². The second kappa shape index (κ2) is 16.7. The maximum absolute atomic E-state index is 15.8. The standard InChI is InChI=1S/C47H62FN3O11/c1-26-31(58-41(53)38(56-24-29-16-13-12-14-17-29)36(35-30(48)18-15-21-49-35)50-42(54)62-43(4,5)6)22-47(55)27(2)39-45(9,20-19-32-46(39,25-57-32)61-28(3)52)40-37(34(26)44(47,7)8)59-33(60-40)23-51(10)11/h12-21,27,31-33,36-40,55H,22-25H2,1-11H3,(H,50,54)/t27-,31-,32+,33+,36-,37+,38+,39-,40+,45+,46-,47+/m0/s1. The molecule has 3 aliphatic carbocycles. The second-order valence-electron chi connectivity index (χ2n) is 19.6. The lowest BCUT2D eigenvalue weighted by molar-refractivity contribution is -0.306. The number of nitrogens with zero attached hydrogens (tertiary/aromatic N) is 2. The van der Waals surface area contributed by atoms with Crippen molar-refractivity contribution in [3.05, 3.63) is 89.0 Å². The van der Waals surface area contributed by atoms with Gasteiger partial charge in [0.15, 0.2) is 18.0 Å². The summed E-state index contributed by atoms with van der Waals surface area (Å²) < 4.78 is 60.3. The molecule has 1 amide bonds. The van der Waals surface area contributed by atoms with Gasteiger partial charge >= 0.3 is 18.0 Å². The number of esters is 2. The fourth-order valence-electron chi connectivity index (χ4n) is 10.9. The van der Waals surface area contributed by atoms with E-state index < -0.39 is 106 Å². The molecule has 15 heteroatoms. The number of halogens is 1. The quantitative estimate of drug-likeness (QED) is 0.154. The smallest absolute Gasteiger partial charge is 0.408 e. The molecule has 1 saturated carbocycles. The van der Waals surface area contributed by atoms with Crippen LogP contribution in [0.1, 0.15) is 86.0 Å². The van der Waals surface area contributed by atoms with Gasteiger partial charge in [-0.25, -0.2) is 14.0 Å². The molecular weight excluding hydrogens is 802 g/mol. The summed E-state index contributed by atoms with van der Waals surface area (Å²) in [5.41, 5.74) is -3.77. The van der Waals surface area contributed by atoms with Gasteiger partial charge in [-0.1, -0.05) is 70.2 Å². The summed E-state index contributed by atoms with van der Waals surface area (Å²) in [6.45, 7) is 16.6. The van der Waals surface area contributed by atoms with E-state index in [1.54, 1.807) is 32.9 Å². The summed E-state index contributed by atoms with van der Waals surface area (Å²) in [5, 5.41) is 16.3. The number of alkyl carbamates (subject to hydrolysis) is 1. The van der Waals surface area contributed by atoms with Crippen molar-refractivity contribution in [3.8, 4) is 0 Å². The van der Waals surface area contributed by atoms with Crippen LogP contribution < -0.4 is 5.32 Å². The van der Waals surface area contributed by atoms with E-state index in [4.69, 9.17) is 33.2 Å². The van der Waals surface area contributed by atoms with Gasteiger partial charge in [-0.2, -0.15) is 0 Å². The van der Waals surface area contributed by atoms with E-state index in [0.717, 1.165) is 0 Å². The Morgan fingerprint density at radius 3 is 2.40 bits per heavy atom. The number of carbonyl (C=O) groups excluding carboxylic acids is 3. The lowest BCUT2D eigenvalue weighted by Crippen LogP contribution is -2.76. The molecule has 5 aliphatic rings. The summed E-state index contributed by atoms with van der Waals surface area (Å²) in [5.74, 6) is -3.40. The van der Waals surface area contributed by atoms with E-state index in [-0.39, 0.29) is 25.3 Å². The van der Waals surface area contributed by atoms with E-state index in [1.807, 2.05) is 71.0 Å². The zero-order valence-electron chi connectivity index (χ0n) is 37.6. The number of hydrogen-bond acceptors (Lipinski definition) is 13. The molecule has 7 rings (SSSR count). The highest BCUT2D eigenvalue weighted by molar-refractivity contribution is 5.78. The van der Waals surface area contributed by atoms with E-state index in [9.17, 15) is 14.7 Å². The van der Waals surface area contributed by atoms with Crippen LogP contribution >= 0.6 is 0 Å². The molecule has 1 aromatic heterocycles. The van der Waals surface area contributed by atoms with Crippen molar-refractivity contribution in [2.75, 3.05) is 27.2 Å². The lowest BCUT2D eigenvalue weighted by atomic mass is 9.44. The van der Waals surface area contributed by atoms with Crippen molar-refractivity contribution in [1.82, 2.24) is 15.2 Å². The molecule has 2 saturated heterocycles. The van der Waals surface area contributed by atoms with Crippen molar-refractivity contribution >= 4 is 18.0 Å². The molecule has 0 spiro atoms. The fourth-order valence-corrected chi connectivity index (χ4v) is 10.9. The number of pyridine rings is 1. The van der Waals surface area contributed by atoms with Gasteiger partial charge < -0.3 is 48.5 Å². The number of likely N-dealkylation sites (N-methyl/N-ethyl adjacent to an activating group) is 1. The molecule has 2 N–H and O–H groups in total. The molecule has 3 fully saturated rings. The monoisotopic (exact) mass is 863 g/mol. The first-order valence-electron chi connectivity index (χ1n) is 21.4. The van der Waals surface area contributed by atoms with Crippen LogP contribution in [-0.4, -0.2) is 114 Å². The largest absolute Gasteiger partial charge is 0.456 e. The number of benzene rings is 1. The molecule has 0 radical (unpaired) electrons. The predicted molar refractivity (Wildman–Crippen MR) is 223 cm³/mol. The molecular formula is C47H62FN3O11. The molecule has 338 valence electrons. The van der Waals surface area contributed by atoms with E-state index in [0.29, 0.717) is 23.3 Å². The Balaban J connectivity index is 1.35. The van der Waals surface area contributed by atoms with Crippen LogP contribution in [0.4, 0.5) is 9.18 Å². The minimum absolute atomic E-state index is 0.0763. The van der Waals surface area contributed by atoms with E-state index in [2.05, 4.69) is 23.3 Å². The number of amides is 1. The van der Waals surface area contributed by atoms with Crippen LogP contribution in [0.5, 0.6) is 0 Å². The van der Waals surface area contributed by atoms with Crippen molar-refractivity contribution < 1.29 is 57.0 Å². The first kappa shape index (κ1) is 45.8. The molecule has 14 nitrogen and oxygen atoms in total. The summed E-state index contributed by atoms with van der Waals surface area (Å²) in [4.78, 5) is 47.6. The van der Waals surface area contributed by atoms with Gasteiger partial charge in [-0.3, -0.25) is 9.78 Å². The average Bonchev–Trinajstić information content (AvgIpc) is 3.57. The van der Waals surface area contributed by atoms with E-state index >= 15 is 9.18 Å². The Labute approximate surface area is 363 Å². The zero-order valence-corrected chi connectivity index (χ0v) is 37.6. The molecule has 1 aromatic carbocycles. The van der Waals surface area contributed by atoms with Gasteiger partial charge in [-0.05, 0) is 76.6 Å². The predicted octanol–water partition coefficient (Wildman–Crippen LogP) is 5.98. The third-order valence-electron chi connectivity index (χ3n) is 13.6. The van der Waals surface area contributed by atoms with Crippen LogP contribution in [0.15, 0.2) is 72.0 Å². The number of fused-ring (bicyclic) bond motifs is 8. The first-order chi connectivity index (χ1) is 29.0. The minimum Gasteiger partial charge on any atom is -0.456 e. The van der Waals surface area contributed by atoms with Crippen LogP contribution in [0.25, 0.3) is 0 Å². The molecule has 3 heterocycles. The van der Waals surface area contributed by atoms with Crippen LogP contribution in [0.2, 0.25) is 0 Å². The van der Waals surface area contributed by atoms with Gasteiger partial charge in [-0.15, -0.1) is 0 Å². The number of rotatable bonds is 11. The third-order valence-corrected chi connectivity index (χ3v) is 13.6. The molecule has 12 atom stereocenters. The average molecular weight is 864 g/mol. The van der Waals surface area contributed by atoms with Crippen molar-refractivity contribution in [2.45, 2.75) is 135 Å². The number of nitrogens with one attached hydrogen (secondary N) is 1. The summed E-state index contributed by atoms with van der Waals surface area (Å²) in [6, 6.07) is 10.1. The summed E-state index contributed by atoms with van der Waals surface area (Å²) >= 11 is 0. The Morgan fingerprint density at radius 1 is 1.08 bits per heavy atom. The summed E-state index contributed by atoms with van der Waals surface area (Å²) in [7, 11) is 3.85. The molecule has 0 unspecified atom stereocenters. The number of ether oxygens (including phenoxy) is 7. The minimum atomic E-state index is -1.66. The second-order valence-corrected chi connectivity index (χ2v) is 19.6. The zero-order chi connectivity index (χ0) is 45.2. The van der Waals surface area contributed by atoms with Gasteiger partial charge in [0, 0.05) is 42.8 Å². The Kier molecular flexibility index (Phi) is 12.3. The number of aliphatic hydroxyl groups is 1. The molecule has 2 aromatic rings. The molecule has 62 heavy (non-hydrogen) atoms. The molecule has 2 aliphatic heterocycles. The summed E-state index contributed by atoms with van der Waals surface area (Å²) in [6.07, 6.45) is -1.01. The van der Waals surface area contributed by atoms with Crippen LogP contribution in [0, 0.1) is 28.5 Å². The number of hydrogen-bond donors (Lipinski definition) is 2. The van der Waals surface area contributed by atoms with Crippen LogP contribution in [-0.2, 0) is 49.4 Å². The molecule has 2 bridgehead atoms. The lowest BCUT2D eigenvalue weighted by Gasteiger charge is -2.66. The topological polar surface area (TPSA) is 164 Å². The van der Waals surface area contributed by atoms with E-state index in [1.165, 1.54) is 25.3 Å². The number of carbonyl (C=O) groups is 3. The van der Waals surface area contributed by atoms with Gasteiger partial charge in [0.1, 0.15) is 47.6 Å². The highest BCUT2D eigenvalue weighted by atomic mass is 19.1. The van der Waals surface area contributed by atoms with Gasteiger partial charge in [0.25, 0.3) is 0 Å². The highest BCUT2D eigenvalue weighted by Gasteiger charge is 2.74. The van der Waals surface area contributed by atoms with Crippen LogP contribution in [0.3, 0.4) is 0 Å². The Hall–Kier alpha value is -4.25. The normalized spacial score (nSPS) is 34.3. The first-order valence-corrected chi connectivity index (χ1v) is 21.4. The van der Waals surface area contributed by atoms with Gasteiger partial charge in [0.05, 0.1) is 18.8 Å². The van der Waals surface area contributed by atoms with Crippen molar-refractivity contribution in [2.24, 2.45) is 22.7 Å². The Bertz CT molecular complexity index is 2090. The Morgan fingerprint density at radius 2 is 1.79 bits per heavy atom.